The minimum Gasteiger partial charge on any atom is -0.332 e. The van der Waals surface area contributed by atoms with Crippen molar-refractivity contribution in [2.24, 2.45) is 5.73 Å². The summed E-state index contributed by atoms with van der Waals surface area (Å²) in [6, 6.07) is 3.85. The Balaban J connectivity index is 2.01. The van der Waals surface area contributed by atoms with Gasteiger partial charge in [0, 0.05) is 11.4 Å². The lowest BCUT2D eigenvalue weighted by atomic mass is 10.3. The normalized spacial score (nSPS) is 15.3. The molecule has 2 N–H and O–H groups in total. The Morgan fingerprint density at radius 2 is 1.95 bits per heavy atom. The Bertz CT molecular complexity index is 570. The van der Waals surface area contributed by atoms with E-state index in [-0.39, 0.29) is 24.9 Å². The molecule has 106 valence electrons. The monoisotopic (exact) mass is 291 g/mol. The fraction of sp³-hybridized carbons (Fsp3) is 0.429. The van der Waals surface area contributed by atoms with Gasteiger partial charge in [-0.1, -0.05) is 11.8 Å². The fourth-order valence-electron chi connectivity index (χ4n) is 1.99. The molecule has 20 heavy (non-hydrogen) atoms. The van der Waals surface area contributed by atoms with Crippen LogP contribution in [0, 0.1) is 11.8 Å². The van der Waals surface area contributed by atoms with Gasteiger partial charge in [-0.3, -0.25) is 9.59 Å². The molecular formula is C14H17N3O2S. The minimum absolute atomic E-state index is 0.00515. The number of nitrogens with zero attached hydrogens (tertiary/aromatic N) is 2. The summed E-state index contributed by atoms with van der Waals surface area (Å²) in [6.07, 6.45) is 0. The van der Waals surface area contributed by atoms with Crippen molar-refractivity contribution in [3.05, 3.63) is 21.9 Å². The van der Waals surface area contributed by atoms with Crippen LogP contribution in [0.3, 0.4) is 0 Å². The first-order valence-corrected chi connectivity index (χ1v) is 7.29. The second-order valence-electron chi connectivity index (χ2n) is 4.43. The third-order valence-electron chi connectivity index (χ3n) is 3.06. The molecule has 1 aliphatic rings. The topological polar surface area (TPSA) is 66.6 Å². The lowest BCUT2D eigenvalue weighted by Crippen LogP contribution is -2.53. The zero-order valence-electron chi connectivity index (χ0n) is 11.4. The summed E-state index contributed by atoms with van der Waals surface area (Å²) in [5.41, 5.74) is 5.33. The Labute approximate surface area is 122 Å². The predicted octanol–water partition coefficient (Wildman–Crippen LogP) is 0.249. The van der Waals surface area contributed by atoms with E-state index in [1.54, 1.807) is 9.80 Å². The van der Waals surface area contributed by atoms with Crippen LogP contribution in [0.2, 0.25) is 0 Å². The number of amides is 2. The molecule has 1 fully saturated rings. The summed E-state index contributed by atoms with van der Waals surface area (Å²) >= 11 is 1.53. The number of carbonyl (C=O) groups excluding carboxylic acids is 2. The standard InChI is InChI=1S/C14H17N3O2S/c1-2-16-9-14(19)17(10-13(16)18)8-12-6-5-11(20-12)4-3-7-15/h5-6H,2,7-10,15H2,1H3. The molecule has 2 heterocycles. The summed E-state index contributed by atoms with van der Waals surface area (Å²) in [6.45, 7) is 3.60. The second-order valence-corrected chi connectivity index (χ2v) is 5.60. The van der Waals surface area contributed by atoms with Gasteiger partial charge in [-0.2, -0.15) is 0 Å². The molecule has 0 atom stereocenters. The first-order valence-electron chi connectivity index (χ1n) is 6.47. The highest BCUT2D eigenvalue weighted by Gasteiger charge is 2.28. The zero-order valence-corrected chi connectivity index (χ0v) is 12.2. The maximum absolute atomic E-state index is 12.0. The van der Waals surface area contributed by atoms with Crippen LogP contribution in [-0.4, -0.2) is 47.8 Å². The first kappa shape index (κ1) is 14.6. The number of piperazine rings is 1. The second kappa shape index (κ2) is 6.55. The molecule has 1 aromatic heterocycles. The molecule has 2 rings (SSSR count). The molecule has 2 amide bonds. The van der Waals surface area contributed by atoms with Crippen molar-refractivity contribution in [1.82, 2.24) is 9.80 Å². The highest BCUT2D eigenvalue weighted by molar-refractivity contribution is 7.12. The Hall–Kier alpha value is -1.84. The average Bonchev–Trinajstić information content (AvgIpc) is 2.87. The van der Waals surface area contributed by atoms with Crippen LogP contribution in [0.4, 0.5) is 0 Å². The van der Waals surface area contributed by atoms with E-state index in [4.69, 9.17) is 5.73 Å². The van der Waals surface area contributed by atoms with Gasteiger partial charge in [0.15, 0.2) is 0 Å². The maximum Gasteiger partial charge on any atom is 0.242 e. The van der Waals surface area contributed by atoms with Crippen LogP contribution in [-0.2, 0) is 16.1 Å². The number of hydrogen-bond donors (Lipinski definition) is 1. The van der Waals surface area contributed by atoms with E-state index < -0.39 is 0 Å². The van der Waals surface area contributed by atoms with Gasteiger partial charge in [0.05, 0.1) is 24.5 Å². The Kier molecular flexibility index (Phi) is 4.77. The van der Waals surface area contributed by atoms with Crippen LogP contribution in [0.15, 0.2) is 12.1 Å². The lowest BCUT2D eigenvalue weighted by molar-refractivity contribution is -0.150. The Morgan fingerprint density at radius 3 is 2.65 bits per heavy atom. The molecular weight excluding hydrogens is 274 g/mol. The van der Waals surface area contributed by atoms with E-state index >= 15 is 0 Å². The summed E-state index contributed by atoms with van der Waals surface area (Å²) < 4.78 is 0. The molecule has 6 heteroatoms. The number of rotatable bonds is 3. The summed E-state index contributed by atoms with van der Waals surface area (Å²) in [5.74, 6) is 5.76. The minimum atomic E-state index is -0.00515. The van der Waals surface area contributed by atoms with Gasteiger partial charge in [-0.15, -0.1) is 11.3 Å². The molecule has 1 saturated heterocycles. The Morgan fingerprint density at radius 1 is 1.25 bits per heavy atom. The predicted molar refractivity (Wildman–Crippen MR) is 77.9 cm³/mol. The van der Waals surface area contributed by atoms with Crippen LogP contribution in [0.5, 0.6) is 0 Å². The average molecular weight is 291 g/mol. The van der Waals surface area contributed by atoms with E-state index in [2.05, 4.69) is 11.8 Å². The van der Waals surface area contributed by atoms with Gasteiger partial charge in [-0.25, -0.2) is 0 Å². The van der Waals surface area contributed by atoms with E-state index in [1.807, 2.05) is 19.1 Å². The number of hydrogen-bond acceptors (Lipinski definition) is 4. The van der Waals surface area contributed by atoms with Crippen molar-refractivity contribution in [2.45, 2.75) is 13.5 Å². The molecule has 1 aliphatic heterocycles. The van der Waals surface area contributed by atoms with Crippen LogP contribution in [0.25, 0.3) is 0 Å². The van der Waals surface area contributed by atoms with Gasteiger partial charge in [0.2, 0.25) is 11.8 Å². The smallest absolute Gasteiger partial charge is 0.242 e. The van der Waals surface area contributed by atoms with Crippen LogP contribution >= 0.6 is 11.3 Å². The highest BCUT2D eigenvalue weighted by atomic mass is 32.1. The summed E-state index contributed by atoms with van der Waals surface area (Å²) in [4.78, 5) is 28.9. The molecule has 5 nitrogen and oxygen atoms in total. The van der Waals surface area contributed by atoms with E-state index in [1.165, 1.54) is 11.3 Å². The summed E-state index contributed by atoms with van der Waals surface area (Å²) in [7, 11) is 0. The molecule has 0 unspecified atom stereocenters. The van der Waals surface area contributed by atoms with Gasteiger partial charge >= 0.3 is 0 Å². The van der Waals surface area contributed by atoms with Gasteiger partial charge in [0.1, 0.15) is 6.54 Å². The summed E-state index contributed by atoms with van der Waals surface area (Å²) in [5, 5.41) is 0. The maximum atomic E-state index is 12.0. The van der Waals surface area contributed by atoms with Crippen molar-refractivity contribution >= 4 is 23.2 Å². The first-order chi connectivity index (χ1) is 9.63. The zero-order chi connectivity index (χ0) is 14.5. The van der Waals surface area contributed by atoms with Gasteiger partial charge < -0.3 is 15.5 Å². The van der Waals surface area contributed by atoms with Crippen molar-refractivity contribution < 1.29 is 9.59 Å². The van der Waals surface area contributed by atoms with Crippen LogP contribution in [0.1, 0.15) is 16.7 Å². The number of carbonyl (C=O) groups is 2. The molecule has 0 radical (unpaired) electrons. The van der Waals surface area contributed by atoms with Crippen LogP contribution < -0.4 is 5.73 Å². The van der Waals surface area contributed by atoms with E-state index in [0.29, 0.717) is 19.6 Å². The van der Waals surface area contributed by atoms with Gasteiger partial charge in [-0.05, 0) is 19.1 Å². The number of likely N-dealkylation sites (N-methyl/N-ethyl adjacent to an activating group) is 1. The molecule has 0 aromatic carbocycles. The third kappa shape index (κ3) is 3.38. The number of thiophene rings is 1. The molecule has 0 saturated carbocycles. The SMILES string of the molecule is CCN1CC(=O)N(Cc2ccc(C#CCN)s2)CC1=O. The van der Waals surface area contributed by atoms with Crippen molar-refractivity contribution in [3.63, 3.8) is 0 Å². The van der Waals surface area contributed by atoms with E-state index in [0.717, 1.165) is 9.75 Å². The third-order valence-corrected chi connectivity index (χ3v) is 4.05. The van der Waals surface area contributed by atoms with Crippen molar-refractivity contribution in [3.8, 4) is 11.8 Å². The lowest BCUT2D eigenvalue weighted by Gasteiger charge is -2.32. The molecule has 0 spiro atoms. The van der Waals surface area contributed by atoms with Crippen molar-refractivity contribution in [2.75, 3.05) is 26.2 Å². The van der Waals surface area contributed by atoms with Crippen molar-refractivity contribution in [1.29, 1.82) is 0 Å². The number of nitrogens with two attached hydrogens (primary N) is 1. The van der Waals surface area contributed by atoms with E-state index in [9.17, 15) is 9.59 Å². The molecule has 1 aromatic rings. The fourth-order valence-corrected chi connectivity index (χ4v) is 2.89. The highest BCUT2D eigenvalue weighted by Crippen LogP contribution is 2.18. The molecule has 0 bridgehead atoms. The molecule has 0 aliphatic carbocycles. The van der Waals surface area contributed by atoms with Gasteiger partial charge in [0.25, 0.3) is 0 Å². The largest absolute Gasteiger partial charge is 0.332 e. The quantitative estimate of drug-likeness (QED) is 0.812.